The number of likely N-dealkylation sites (tertiary alicyclic amines) is 1. The Labute approximate surface area is 112 Å². The van der Waals surface area contributed by atoms with Crippen molar-refractivity contribution >= 4 is 17.5 Å². The van der Waals surface area contributed by atoms with Gasteiger partial charge in [0.25, 0.3) is 0 Å². The lowest BCUT2D eigenvalue weighted by Crippen LogP contribution is -2.30. The van der Waals surface area contributed by atoms with Crippen LogP contribution in [0.1, 0.15) is 18.4 Å². The van der Waals surface area contributed by atoms with Crippen molar-refractivity contribution in [2.75, 3.05) is 20.2 Å². The molecule has 1 heterocycles. The van der Waals surface area contributed by atoms with Crippen LogP contribution < -0.4 is 10.5 Å². The van der Waals surface area contributed by atoms with Crippen LogP contribution in [0.25, 0.3) is 0 Å². The third-order valence-electron chi connectivity index (χ3n) is 3.41. The summed E-state index contributed by atoms with van der Waals surface area (Å²) < 4.78 is 5.34. The van der Waals surface area contributed by atoms with Gasteiger partial charge in [-0.3, -0.25) is 4.79 Å². The van der Waals surface area contributed by atoms with Gasteiger partial charge in [0.05, 0.1) is 7.11 Å². The second kappa shape index (κ2) is 5.16. The molecule has 5 heteroatoms. The van der Waals surface area contributed by atoms with Crippen LogP contribution in [0.4, 0.5) is 0 Å². The topological polar surface area (TPSA) is 55.6 Å². The van der Waals surface area contributed by atoms with Gasteiger partial charge in [-0.05, 0) is 12.1 Å². The first kappa shape index (κ1) is 13.2. The van der Waals surface area contributed by atoms with E-state index in [-0.39, 0.29) is 17.9 Å². The van der Waals surface area contributed by atoms with Crippen LogP contribution in [0.3, 0.4) is 0 Å². The van der Waals surface area contributed by atoms with E-state index in [1.54, 1.807) is 25.0 Å². The molecule has 1 amide bonds. The Bertz CT molecular complexity index is 464. The molecule has 4 nitrogen and oxygen atoms in total. The summed E-state index contributed by atoms with van der Waals surface area (Å²) in [6.45, 7) is 2.79. The van der Waals surface area contributed by atoms with Crippen molar-refractivity contribution in [3.05, 3.63) is 28.8 Å². The van der Waals surface area contributed by atoms with Crippen LogP contribution in [0.5, 0.6) is 5.75 Å². The molecule has 1 aromatic rings. The van der Waals surface area contributed by atoms with E-state index in [2.05, 4.69) is 0 Å². The summed E-state index contributed by atoms with van der Waals surface area (Å²) in [6, 6.07) is 5.46. The van der Waals surface area contributed by atoms with Crippen molar-refractivity contribution in [2.24, 2.45) is 5.73 Å². The van der Waals surface area contributed by atoms with Crippen LogP contribution >= 0.6 is 11.6 Å². The highest BCUT2D eigenvalue weighted by Gasteiger charge is 2.34. The van der Waals surface area contributed by atoms with Gasteiger partial charge in [-0.2, -0.15) is 0 Å². The van der Waals surface area contributed by atoms with Gasteiger partial charge in [-0.25, -0.2) is 0 Å². The average Bonchev–Trinajstić information content (AvgIpc) is 2.71. The van der Waals surface area contributed by atoms with Crippen LogP contribution in [0.2, 0.25) is 5.02 Å². The fraction of sp³-hybridized carbons (Fsp3) is 0.462. The summed E-state index contributed by atoms with van der Waals surface area (Å²) in [6.07, 6.45) is 0. The average molecular weight is 269 g/mol. The molecule has 0 saturated carbocycles. The highest BCUT2D eigenvalue weighted by atomic mass is 35.5. The first-order valence-electron chi connectivity index (χ1n) is 5.87. The number of rotatable bonds is 2. The molecular formula is C13H17ClN2O2. The first-order valence-corrected chi connectivity index (χ1v) is 6.25. The molecule has 1 aliphatic rings. The molecule has 98 valence electrons. The normalized spacial score (nSPS) is 23.2. The molecule has 2 rings (SSSR count). The van der Waals surface area contributed by atoms with Crippen molar-refractivity contribution in [2.45, 2.75) is 18.9 Å². The van der Waals surface area contributed by atoms with Crippen molar-refractivity contribution < 1.29 is 9.53 Å². The van der Waals surface area contributed by atoms with Crippen molar-refractivity contribution in [1.29, 1.82) is 0 Å². The summed E-state index contributed by atoms with van der Waals surface area (Å²) in [5.74, 6) is 0.885. The van der Waals surface area contributed by atoms with Gasteiger partial charge in [-0.1, -0.05) is 17.7 Å². The Morgan fingerprint density at radius 2 is 2.22 bits per heavy atom. The van der Waals surface area contributed by atoms with Gasteiger partial charge in [0.2, 0.25) is 5.91 Å². The van der Waals surface area contributed by atoms with E-state index < -0.39 is 0 Å². The third kappa shape index (κ3) is 2.44. The maximum atomic E-state index is 11.4. The molecule has 2 N–H and O–H groups in total. The number of amides is 1. The third-order valence-corrected chi connectivity index (χ3v) is 3.64. The van der Waals surface area contributed by atoms with E-state index in [0.29, 0.717) is 18.1 Å². The Balaban J connectivity index is 2.29. The van der Waals surface area contributed by atoms with Crippen molar-refractivity contribution in [3.8, 4) is 5.75 Å². The zero-order chi connectivity index (χ0) is 13.3. The van der Waals surface area contributed by atoms with E-state index in [0.717, 1.165) is 11.3 Å². The minimum Gasteiger partial charge on any atom is -0.496 e. The molecule has 0 aromatic heterocycles. The Morgan fingerprint density at radius 3 is 2.78 bits per heavy atom. The van der Waals surface area contributed by atoms with Crippen LogP contribution in [-0.4, -0.2) is 37.0 Å². The van der Waals surface area contributed by atoms with Crippen LogP contribution in [-0.2, 0) is 4.79 Å². The van der Waals surface area contributed by atoms with Crippen molar-refractivity contribution in [3.63, 3.8) is 0 Å². The number of carbonyl (C=O) groups is 1. The number of methoxy groups -OCH3 is 1. The number of benzene rings is 1. The van der Waals surface area contributed by atoms with Gasteiger partial charge < -0.3 is 15.4 Å². The van der Waals surface area contributed by atoms with Gasteiger partial charge >= 0.3 is 0 Å². The van der Waals surface area contributed by atoms with E-state index in [1.165, 1.54) is 0 Å². The summed E-state index contributed by atoms with van der Waals surface area (Å²) in [5, 5.41) is 0.630. The molecular weight excluding hydrogens is 252 g/mol. The van der Waals surface area contributed by atoms with E-state index >= 15 is 0 Å². The molecule has 1 fully saturated rings. The minimum atomic E-state index is -0.0658. The lowest BCUT2D eigenvalue weighted by atomic mass is 9.94. The summed E-state index contributed by atoms with van der Waals surface area (Å²) in [7, 11) is 1.61. The lowest BCUT2D eigenvalue weighted by Gasteiger charge is -2.18. The highest BCUT2D eigenvalue weighted by Crippen LogP contribution is 2.34. The number of carbonyl (C=O) groups excluding carboxylic acids is 1. The summed E-state index contributed by atoms with van der Waals surface area (Å²) in [4.78, 5) is 13.2. The molecule has 0 bridgehead atoms. The zero-order valence-electron chi connectivity index (χ0n) is 10.5. The summed E-state index contributed by atoms with van der Waals surface area (Å²) in [5.41, 5.74) is 7.13. The second-order valence-corrected chi connectivity index (χ2v) is 5.02. The molecule has 0 radical (unpaired) electrons. The maximum absolute atomic E-state index is 11.4. The second-order valence-electron chi connectivity index (χ2n) is 4.58. The predicted octanol–water partition coefficient (Wildman–Crippen LogP) is 1.62. The molecule has 1 saturated heterocycles. The summed E-state index contributed by atoms with van der Waals surface area (Å²) >= 11 is 5.94. The molecule has 0 spiro atoms. The van der Waals surface area contributed by atoms with Gasteiger partial charge in [0, 0.05) is 42.6 Å². The van der Waals surface area contributed by atoms with Crippen molar-refractivity contribution in [1.82, 2.24) is 4.90 Å². The van der Waals surface area contributed by atoms with Crippen LogP contribution in [0.15, 0.2) is 18.2 Å². The Kier molecular flexibility index (Phi) is 3.78. The highest BCUT2D eigenvalue weighted by molar-refractivity contribution is 6.30. The SMILES string of the molecule is COc1cc(Cl)ccc1C1CN(C(C)=O)CC1N. The number of nitrogens with two attached hydrogens (primary N) is 1. The Hall–Kier alpha value is -1.26. The van der Waals surface area contributed by atoms with Gasteiger partial charge in [-0.15, -0.1) is 0 Å². The maximum Gasteiger partial charge on any atom is 0.219 e. The molecule has 0 aliphatic carbocycles. The standard InChI is InChI=1S/C13H17ClN2O2/c1-8(17)16-6-11(12(15)7-16)10-4-3-9(14)5-13(10)18-2/h3-5,11-12H,6-7,15H2,1-2H3. The van der Waals surface area contributed by atoms with Gasteiger partial charge in [0.15, 0.2) is 0 Å². The molecule has 2 atom stereocenters. The molecule has 1 aliphatic heterocycles. The number of ether oxygens (including phenoxy) is 1. The fourth-order valence-corrected chi connectivity index (χ4v) is 2.57. The van der Waals surface area contributed by atoms with Crippen LogP contribution in [0, 0.1) is 0 Å². The first-order chi connectivity index (χ1) is 8.52. The predicted molar refractivity (Wildman–Crippen MR) is 71.0 cm³/mol. The smallest absolute Gasteiger partial charge is 0.219 e. The monoisotopic (exact) mass is 268 g/mol. The lowest BCUT2D eigenvalue weighted by molar-refractivity contribution is -0.127. The quantitative estimate of drug-likeness (QED) is 0.887. The fourth-order valence-electron chi connectivity index (χ4n) is 2.41. The largest absolute Gasteiger partial charge is 0.496 e. The molecule has 1 aromatic carbocycles. The van der Waals surface area contributed by atoms with Gasteiger partial charge in [0.1, 0.15) is 5.75 Å². The van der Waals surface area contributed by atoms with E-state index in [4.69, 9.17) is 22.1 Å². The Morgan fingerprint density at radius 1 is 1.50 bits per heavy atom. The number of halogens is 1. The number of nitrogens with zero attached hydrogens (tertiary/aromatic N) is 1. The molecule has 2 unspecified atom stereocenters. The van der Waals surface area contributed by atoms with E-state index in [1.807, 2.05) is 12.1 Å². The zero-order valence-corrected chi connectivity index (χ0v) is 11.3. The molecule has 18 heavy (non-hydrogen) atoms. The number of hydrogen-bond acceptors (Lipinski definition) is 3. The minimum absolute atomic E-state index is 0.0564. The van der Waals surface area contributed by atoms with E-state index in [9.17, 15) is 4.79 Å². The number of hydrogen-bond donors (Lipinski definition) is 1.